The lowest BCUT2D eigenvalue weighted by molar-refractivity contribution is 0.0929. The summed E-state index contributed by atoms with van der Waals surface area (Å²) in [5.74, 6) is -0.868. The molecular formula is C21H19ClN4O3S. The average molecular weight is 443 g/mol. The molecule has 0 aliphatic carbocycles. The molecule has 0 radical (unpaired) electrons. The summed E-state index contributed by atoms with van der Waals surface area (Å²) >= 11 is 7.22. The Hall–Kier alpha value is -3.23. The predicted octanol–water partition coefficient (Wildman–Crippen LogP) is 3.52. The van der Waals surface area contributed by atoms with Crippen LogP contribution in [0.1, 0.15) is 36.0 Å². The van der Waals surface area contributed by atoms with Crippen LogP contribution in [-0.2, 0) is 0 Å². The van der Waals surface area contributed by atoms with Gasteiger partial charge in [-0.25, -0.2) is 0 Å². The topological polar surface area (TPSA) is 100 Å². The lowest BCUT2D eigenvalue weighted by atomic mass is 10.2. The Morgan fingerprint density at radius 1 is 1.00 bits per heavy atom. The summed E-state index contributed by atoms with van der Waals surface area (Å²) in [6, 6.07) is 11.8. The molecule has 3 aromatic rings. The van der Waals surface area contributed by atoms with E-state index >= 15 is 0 Å². The number of nitrogens with one attached hydrogen (secondary N) is 3. The summed E-state index contributed by atoms with van der Waals surface area (Å²) in [6.45, 7) is 2.34. The van der Waals surface area contributed by atoms with Crippen molar-refractivity contribution < 1.29 is 14.4 Å². The molecule has 9 heteroatoms. The maximum atomic E-state index is 12.4. The van der Waals surface area contributed by atoms with E-state index in [0.29, 0.717) is 26.0 Å². The van der Waals surface area contributed by atoms with Gasteiger partial charge in [0.15, 0.2) is 0 Å². The maximum absolute atomic E-state index is 12.4. The van der Waals surface area contributed by atoms with Crippen LogP contribution in [0.4, 0.5) is 5.00 Å². The number of pyridine rings is 1. The van der Waals surface area contributed by atoms with Gasteiger partial charge in [0.1, 0.15) is 0 Å². The number of aromatic nitrogens is 1. The first-order valence-corrected chi connectivity index (χ1v) is 10.3. The standard InChI is InChI=1S/C21H19ClN4O3S/c1-13-11-17(26-20(28)15-6-2-3-7-16(15)22)30-18(13)21(29)25-10-9-24-19(27)14-5-4-8-23-12-14/h2-8,11-12H,9-10H2,1H3,(H,24,27)(H,25,29)(H,26,28). The number of halogens is 1. The summed E-state index contributed by atoms with van der Waals surface area (Å²) in [7, 11) is 0. The van der Waals surface area contributed by atoms with Crippen LogP contribution in [0, 0.1) is 6.92 Å². The first-order chi connectivity index (χ1) is 14.5. The molecule has 2 aromatic heterocycles. The highest BCUT2D eigenvalue weighted by molar-refractivity contribution is 7.18. The molecule has 0 aliphatic rings. The average Bonchev–Trinajstić information content (AvgIpc) is 3.11. The number of hydrogen-bond donors (Lipinski definition) is 3. The van der Waals surface area contributed by atoms with E-state index in [2.05, 4.69) is 20.9 Å². The van der Waals surface area contributed by atoms with Gasteiger partial charge in [0, 0.05) is 25.5 Å². The smallest absolute Gasteiger partial charge is 0.261 e. The predicted molar refractivity (Wildman–Crippen MR) is 117 cm³/mol. The molecule has 3 amide bonds. The summed E-state index contributed by atoms with van der Waals surface area (Å²) in [6.07, 6.45) is 3.06. The lowest BCUT2D eigenvalue weighted by Crippen LogP contribution is -2.34. The number of nitrogens with zero attached hydrogens (tertiary/aromatic N) is 1. The molecule has 1 aromatic carbocycles. The van der Waals surface area contributed by atoms with Crippen LogP contribution in [0.3, 0.4) is 0 Å². The zero-order valence-electron chi connectivity index (χ0n) is 16.1. The second-order valence-corrected chi connectivity index (χ2v) is 7.77. The van der Waals surface area contributed by atoms with Crippen molar-refractivity contribution in [3.63, 3.8) is 0 Å². The number of thiophene rings is 1. The second-order valence-electron chi connectivity index (χ2n) is 6.31. The number of anilines is 1. The number of carbonyl (C=O) groups excluding carboxylic acids is 3. The quantitative estimate of drug-likeness (QED) is 0.487. The molecule has 154 valence electrons. The highest BCUT2D eigenvalue weighted by Gasteiger charge is 2.16. The van der Waals surface area contributed by atoms with Crippen molar-refractivity contribution in [2.24, 2.45) is 0 Å². The Labute approximate surface area is 182 Å². The van der Waals surface area contributed by atoms with E-state index < -0.39 is 0 Å². The van der Waals surface area contributed by atoms with Crippen molar-refractivity contribution in [2.75, 3.05) is 18.4 Å². The molecule has 30 heavy (non-hydrogen) atoms. The third kappa shape index (κ3) is 5.43. The third-order valence-electron chi connectivity index (χ3n) is 4.10. The largest absolute Gasteiger partial charge is 0.350 e. The fourth-order valence-corrected chi connectivity index (χ4v) is 3.83. The Kier molecular flexibility index (Phi) is 7.16. The fourth-order valence-electron chi connectivity index (χ4n) is 2.63. The summed E-state index contributed by atoms with van der Waals surface area (Å²) in [5, 5.41) is 9.15. The van der Waals surface area contributed by atoms with Crippen LogP contribution in [0.15, 0.2) is 54.9 Å². The van der Waals surface area contributed by atoms with Crippen LogP contribution >= 0.6 is 22.9 Å². The minimum atomic E-state index is -0.341. The second kappa shape index (κ2) is 10.00. The molecule has 0 bridgehead atoms. The molecule has 0 aliphatic heterocycles. The van der Waals surface area contributed by atoms with Gasteiger partial charge in [-0.15, -0.1) is 11.3 Å². The number of benzene rings is 1. The Bertz CT molecular complexity index is 1070. The van der Waals surface area contributed by atoms with E-state index in [-0.39, 0.29) is 30.8 Å². The monoisotopic (exact) mass is 442 g/mol. The summed E-state index contributed by atoms with van der Waals surface area (Å²) in [5.41, 5.74) is 1.56. The molecular weight excluding hydrogens is 424 g/mol. The van der Waals surface area contributed by atoms with Gasteiger partial charge in [-0.2, -0.15) is 0 Å². The lowest BCUT2D eigenvalue weighted by Gasteiger charge is -2.07. The minimum absolute atomic E-state index is 0.255. The first-order valence-electron chi connectivity index (χ1n) is 9.08. The minimum Gasteiger partial charge on any atom is -0.350 e. The first kappa shape index (κ1) is 21.5. The Morgan fingerprint density at radius 3 is 2.43 bits per heavy atom. The van der Waals surface area contributed by atoms with Crippen molar-refractivity contribution in [1.29, 1.82) is 0 Å². The maximum Gasteiger partial charge on any atom is 0.261 e. The molecule has 0 saturated carbocycles. The van der Waals surface area contributed by atoms with Crippen molar-refractivity contribution >= 4 is 45.7 Å². The Balaban J connectivity index is 1.52. The van der Waals surface area contributed by atoms with Gasteiger partial charge in [0.05, 0.1) is 26.0 Å². The van der Waals surface area contributed by atoms with Crippen molar-refractivity contribution in [1.82, 2.24) is 15.6 Å². The van der Waals surface area contributed by atoms with Crippen LogP contribution in [0.5, 0.6) is 0 Å². The van der Waals surface area contributed by atoms with E-state index in [9.17, 15) is 14.4 Å². The van der Waals surface area contributed by atoms with Gasteiger partial charge >= 0.3 is 0 Å². The molecule has 0 spiro atoms. The summed E-state index contributed by atoms with van der Waals surface area (Å²) in [4.78, 5) is 41.2. The van der Waals surface area contributed by atoms with Crippen molar-refractivity contribution in [2.45, 2.75) is 6.92 Å². The normalized spacial score (nSPS) is 10.3. The SMILES string of the molecule is Cc1cc(NC(=O)c2ccccc2Cl)sc1C(=O)NCCNC(=O)c1cccnc1. The zero-order valence-corrected chi connectivity index (χ0v) is 17.6. The molecule has 3 N–H and O–H groups in total. The van der Waals surface area contributed by atoms with Gasteiger partial charge in [0.2, 0.25) is 0 Å². The van der Waals surface area contributed by atoms with Gasteiger partial charge in [-0.1, -0.05) is 23.7 Å². The van der Waals surface area contributed by atoms with E-state index in [1.807, 2.05) is 0 Å². The molecule has 7 nitrogen and oxygen atoms in total. The molecule has 0 atom stereocenters. The number of hydrogen-bond acceptors (Lipinski definition) is 5. The number of rotatable bonds is 7. The third-order valence-corrected chi connectivity index (χ3v) is 5.58. The van der Waals surface area contributed by atoms with Crippen LogP contribution in [0.25, 0.3) is 0 Å². The van der Waals surface area contributed by atoms with Crippen molar-refractivity contribution in [3.8, 4) is 0 Å². The van der Waals surface area contributed by atoms with Crippen LogP contribution in [-0.4, -0.2) is 35.8 Å². The van der Waals surface area contributed by atoms with Gasteiger partial charge < -0.3 is 16.0 Å². The molecule has 0 unspecified atom stereocenters. The van der Waals surface area contributed by atoms with Gasteiger partial charge in [-0.05, 0) is 42.8 Å². The highest BCUT2D eigenvalue weighted by Crippen LogP contribution is 2.27. The van der Waals surface area contributed by atoms with Crippen molar-refractivity contribution in [3.05, 3.63) is 81.4 Å². The zero-order chi connectivity index (χ0) is 21.5. The fraction of sp³-hybridized carbons (Fsp3) is 0.143. The van der Waals surface area contributed by atoms with E-state index in [0.717, 1.165) is 5.56 Å². The van der Waals surface area contributed by atoms with E-state index in [4.69, 9.17) is 11.6 Å². The molecule has 0 saturated heterocycles. The van der Waals surface area contributed by atoms with E-state index in [1.54, 1.807) is 55.6 Å². The number of aryl methyl sites for hydroxylation is 1. The molecule has 0 fully saturated rings. The van der Waals surface area contributed by atoms with Gasteiger partial charge in [-0.3, -0.25) is 19.4 Å². The summed E-state index contributed by atoms with van der Waals surface area (Å²) < 4.78 is 0. The number of amides is 3. The molecule has 3 rings (SSSR count). The Morgan fingerprint density at radius 2 is 1.73 bits per heavy atom. The molecule has 2 heterocycles. The van der Waals surface area contributed by atoms with Crippen LogP contribution < -0.4 is 16.0 Å². The van der Waals surface area contributed by atoms with E-state index in [1.165, 1.54) is 17.5 Å². The highest BCUT2D eigenvalue weighted by atomic mass is 35.5. The van der Waals surface area contributed by atoms with Gasteiger partial charge in [0.25, 0.3) is 17.7 Å². The van der Waals surface area contributed by atoms with Crippen LogP contribution in [0.2, 0.25) is 5.02 Å². The number of carbonyl (C=O) groups is 3.